The summed E-state index contributed by atoms with van der Waals surface area (Å²) in [4.78, 5) is 8.20. The summed E-state index contributed by atoms with van der Waals surface area (Å²) in [6.07, 6.45) is 3.00. The fourth-order valence-corrected chi connectivity index (χ4v) is 1.54. The monoisotopic (exact) mass is 279 g/mol. The highest BCUT2D eigenvalue weighted by atomic mass is 19.1. The van der Waals surface area contributed by atoms with Crippen LogP contribution in [0, 0.1) is 11.6 Å². The lowest BCUT2D eigenvalue weighted by Crippen LogP contribution is -2.22. The molecule has 106 valence electrons. The normalized spacial score (nSPS) is 10.8. The van der Waals surface area contributed by atoms with Crippen molar-refractivity contribution in [3.05, 3.63) is 47.9 Å². The van der Waals surface area contributed by atoms with E-state index < -0.39 is 11.6 Å². The van der Waals surface area contributed by atoms with Crippen LogP contribution >= 0.6 is 0 Å². The van der Waals surface area contributed by atoms with Gasteiger partial charge in [-0.05, 0) is 0 Å². The van der Waals surface area contributed by atoms with Crippen LogP contribution in [0.15, 0.2) is 30.6 Å². The Morgan fingerprint density at radius 3 is 2.50 bits per heavy atom. The topological polar surface area (TPSA) is 47.0 Å². The lowest BCUT2D eigenvalue weighted by Gasteiger charge is -2.09. The number of ether oxygens (including phenoxy) is 1. The van der Waals surface area contributed by atoms with Crippen molar-refractivity contribution in [2.75, 3.05) is 0 Å². The molecule has 6 heteroatoms. The Kier molecular flexibility index (Phi) is 4.57. The number of hydrogen-bond donors (Lipinski definition) is 1. The van der Waals surface area contributed by atoms with Gasteiger partial charge in [0.2, 0.25) is 5.88 Å². The minimum atomic E-state index is -0.703. The van der Waals surface area contributed by atoms with E-state index in [0.717, 1.165) is 18.2 Å². The summed E-state index contributed by atoms with van der Waals surface area (Å²) in [6.45, 7) is 4.58. The lowest BCUT2D eigenvalue weighted by molar-refractivity contribution is 0.444. The van der Waals surface area contributed by atoms with E-state index in [2.05, 4.69) is 15.3 Å². The molecule has 20 heavy (non-hydrogen) atoms. The third-order valence-electron chi connectivity index (χ3n) is 2.41. The molecule has 0 aliphatic rings. The molecule has 1 heterocycles. The van der Waals surface area contributed by atoms with E-state index >= 15 is 0 Å². The number of benzene rings is 1. The molecule has 4 nitrogen and oxygen atoms in total. The number of hydrogen-bond acceptors (Lipinski definition) is 4. The van der Waals surface area contributed by atoms with Gasteiger partial charge < -0.3 is 10.1 Å². The van der Waals surface area contributed by atoms with E-state index in [1.54, 1.807) is 6.20 Å². The van der Waals surface area contributed by atoms with Crippen molar-refractivity contribution in [1.29, 1.82) is 0 Å². The third kappa shape index (κ3) is 4.24. The quantitative estimate of drug-likeness (QED) is 0.913. The summed E-state index contributed by atoms with van der Waals surface area (Å²) in [7, 11) is 0. The van der Waals surface area contributed by atoms with Gasteiger partial charge in [-0.2, -0.15) is 0 Å². The van der Waals surface area contributed by atoms with Crippen LogP contribution in [0.25, 0.3) is 0 Å². The molecule has 0 bridgehead atoms. The van der Waals surface area contributed by atoms with Gasteiger partial charge in [0.15, 0.2) is 0 Å². The first-order chi connectivity index (χ1) is 9.52. The summed E-state index contributed by atoms with van der Waals surface area (Å²) in [5.74, 6) is -1.17. The number of aromatic nitrogens is 2. The predicted molar refractivity (Wildman–Crippen MR) is 70.4 cm³/mol. The van der Waals surface area contributed by atoms with Crippen LogP contribution in [0.3, 0.4) is 0 Å². The van der Waals surface area contributed by atoms with Gasteiger partial charge in [-0.1, -0.05) is 13.8 Å². The fraction of sp³-hybridized carbons (Fsp3) is 0.286. The predicted octanol–water partition coefficient (Wildman–Crippen LogP) is 3.05. The second-order valence-corrected chi connectivity index (χ2v) is 4.59. The smallest absolute Gasteiger partial charge is 0.238 e. The highest BCUT2D eigenvalue weighted by Gasteiger charge is 2.05. The molecule has 0 unspecified atom stereocenters. The molecule has 2 rings (SSSR count). The Labute approximate surface area is 115 Å². The van der Waals surface area contributed by atoms with Crippen molar-refractivity contribution in [2.45, 2.75) is 26.4 Å². The Balaban J connectivity index is 2.11. The maximum Gasteiger partial charge on any atom is 0.238 e. The van der Waals surface area contributed by atoms with Crippen molar-refractivity contribution >= 4 is 0 Å². The molecule has 0 saturated heterocycles. The average molecular weight is 279 g/mol. The Bertz CT molecular complexity index is 570. The summed E-state index contributed by atoms with van der Waals surface area (Å²) >= 11 is 0. The summed E-state index contributed by atoms with van der Waals surface area (Å²) < 4.78 is 31.4. The Morgan fingerprint density at radius 1 is 1.15 bits per heavy atom. The van der Waals surface area contributed by atoms with Crippen LogP contribution in [-0.4, -0.2) is 16.0 Å². The zero-order chi connectivity index (χ0) is 14.5. The Morgan fingerprint density at radius 2 is 1.85 bits per heavy atom. The van der Waals surface area contributed by atoms with Gasteiger partial charge in [0.25, 0.3) is 0 Å². The highest BCUT2D eigenvalue weighted by molar-refractivity contribution is 5.27. The molecule has 0 aliphatic heterocycles. The van der Waals surface area contributed by atoms with Gasteiger partial charge >= 0.3 is 0 Å². The van der Waals surface area contributed by atoms with Gasteiger partial charge in [0.05, 0.1) is 11.9 Å². The van der Waals surface area contributed by atoms with Crippen molar-refractivity contribution in [3.63, 3.8) is 0 Å². The second-order valence-electron chi connectivity index (χ2n) is 4.59. The zero-order valence-corrected chi connectivity index (χ0v) is 11.2. The van der Waals surface area contributed by atoms with E-state index in [1.165, 1.54) is 6.20 Å². The van der Waals surface area contributed by atoms with Gasteiger partial charge in [-0.3, -0.25) is 4.98 Å². The molecule has 0 fully saturated rings. The van der Waals surface area contributed by atoms with Crippen LogP contribution in [0.5, 0.6) is 11.6 Å². The molecule has 0 radical (unpaired) electrons. The van der Waals surface area contributed by atoms with Crippen LogP contribution in [0.1, 0.15) is 19.5 Å². The number of rotatable bonds is 5. The SMILES string of the molecule is CC(C)NCc1cncc(Oc2cc(F)cc(F)c2)n1. The first-order valence-electron chi connectivity index (χ1n) is 6.21. The largest absolute Gasteiger partial charge is 0.437 e. The van der Waals surface area contributed by atoms with Crippen LogP contribution < -0.4 is 10.1 Å². The molecule has 1 aromatic heterocycles. The van der Waals surface area contributed by atoms with Gasteiger partial charge in [0, 0.05) is 37.0 Å². The van der Waals surface area contributed by atoms with Crippen LogP contribution in [0.2, 0.25) is 0 Å². The molecular formula is C14H15F2N3O. The standard InChI is InChI=1S/C14H15F2N3O/c1-9(2)18-7-12-6-17-8-14(19-12)20-13-4-10(15)3-11(16)5-13/h3-6,8-9,18H,7H2,1-2H3. The number of nitrogens with one attached hydrogen (secondary N) is 1. The Hall–Kier alpha value is -2.08. The number of nitrogens with zero attached hydrogens (tertiary/aromatic N) is 2. The minimum Gasteiger partial charge on any atom is -0.437 e. The van der Waals surface area contributed by atoms with Gasteiger partial charge in [-0.15, -0.1) is 0 Å². The maximum absolute atomic E-state index is 13.1. The van der Waals surface area contributed by atoms with E-state index in [9.17, 15) is 8.78 Å². The van der Waals surface area contributed by atoms with E-state index in [4.69, 9.17) is 4.74 Å². The molecule has 2 aromatic rings. The highest BCUT2D eigenvalue weighted by Crippen LogP contribution is 2.21. The molecule has 0 aliphatic carbocycles. The average Bonchev–Trinajstić information content (AvgIpc) is 2.35. The molecule has 0 atom stereocenters. The van der Waals surface area contributed by atoms with E-state index in [1.807, 2.05) is 13.8 Å². The number of halogens is 2. The summed E-state index contributed by atoms with van der Waals surface area (Å²) in [5, 5.41) is 3.19. The first kappa shape index (κ1) is 14.3. The minimum absolute atomic E-state index is 0.0470. The zero-order valence-electron chi connectivity index (χ0n) is 11.2. The van der Waals surface area contributed by atoms with E-state index in [0.29, 0.717) is 18.3 Å². The fourth-order valence-electron chi connectivity index (χ4n) is 1.54. The van der Waals surface area contributed by atoms with E-state index in [-0.39, 0.29) is 11.6 Å². The van der Waals surface area contributed by atoms with Crippen molar-refractivity contribution in [1.82, 2.24) is 15.3 Å². The van der Waals surface area contributed by atoms with Gasteiger partial charge in [0.1, 0.15) is 17.4 Å². The molecule has 0 spiro atoms. The lowest BCUT2D eigenvalue weighted by atomic mass is 10.3. The maximum atomic E-state index is 13.1. The first-order valence-corrected chi connectivity index (χ1v) is 6.21. The van der Waals surface area contributed by atoms with Crippen molar-refractivity contribution in [2.24, 2.45) is 0 Å². The van der Waals surface area contributed by atoms with Crippen LogP contribution in [-0.2, 0) is 6.54 Å². The molecular weight excluding hydrogens is 264 g/mol. The summed E-state index contributed by atoms with van der Waals surface area (Å²) in [5.41, 5.74) is 0.688. The second kappa shape index (κ2) is 6.38. The third-order valence-corrected chi connectivity index (χ3v) is 2.41. The molecule has 0 amide bonds. The molecule has 1 N–H and O–H groups in total. The van der Waals surface area contributed by atoms with Crippen molar-refractivity contribution in [3.8, 4) is 11.6 Å². The summed E-state index contributed by atoms with van der Waals surface area (Å²) in [6, 6.07) is 3.27. The van der Waals surface area contributed by atoms with Gasteiger partial charge in [-0.25, -0.2) is 13.8 Å². The van der Waals surface area contributed by atoms with Crippen molar-refractivity contribution < 1.29 is 13.5 Å². The molecule has 0 saturated carbocycles. The van der Waals surface area contributed by atoms with Crippen LogP contribution in [0.4, 0.5) is 8.78 Å². The molecule has 1 aromatic carbocycles.